The van der Waals surface area contributed by atoms with Gasteiger partial charge in [-0.2, -0.15) is 18.2 Å². The maximum absolute atomic E-state index is 9.40. The summed E-state index contributed by atoms with van der Waals surface area (Å²) in [4.78, 5) is 4.82. The van der Waals surface area contributed by atoms with Crippen molar-refractivity contribution in [3.63, 3.8) is 0 Å². The molecule has 0 saturated heterocycles. The number of hydrogen-bond acceptors (Lipinski definition) is 2. The fraction of sp³-hybridized carbons (Fsp3) is 0.0690. The Bertz CT molecular complexity index is 4080. The van der Waals surface area contributed by atoms with Gasteiger partial charge in [-0.05, 0) is 85.3 Å². The topological polar surface area (TPSA) is 35.9 Å². The molecule has 6 heteroatoms. The molecular formula is C58H40N4OPt-2. The van der Waals surface area contributed by atoms with E-state index in [4.69, 9.17) is 15.2 Å². The molecule has 3 heterocycles. The molecule has 310 valence electrons. The van der Waals surface area contributed by atoms with Crippen LogP contribution in [0.2, 0.25) is 0 Å². The van der Waals surface area contributed by atoms with Crippen LogP contribution in [-0.4, -0.2) is 14.1 Å². The van der Waals surface area contributed by atoms with Crippen LogP contribution in [-0.2, 0) is 26.5 Å². The van der Waals surface area contributed by atoms with Crippen LogP contribution >= 0.6 is 0 Å². The van der Waals surface area contributed by atoms with E-state index >= 15 is 0 Å². The summed E-state index contributed by atoms with van der Waals surface area (Å²) < 4.78 is 84.8. The first-order valence-corrected chi connectivity index (χ1v) is 20.7. The van der Waals surface area contributed by atoms with Gasteiger partial charge in [0.1, 0.15) is 5.82 Å². The van der Waals surface area contributed by atoms with Crippen molar-refractivity contribution in [2.24, 2.45) is 0 Å². The van der Waals surface area contributed by atoms with Crippen LogP contribution in [0.5, 0.6) is 11.5 Å². The number of ether oxygens (including phenoxy) is 1. The van der Waals surface area contributed by atoms with E-state index in [1.807, 2.05) is 106 Å². The third-order valence-corrected chi connectivity index (χ3v) is 11.8. The van der Waals surface area contributed by atoms with Crippen molar-refractivity contribution < 1.29 is 41.3 Å². The number of para-hydroxylation sites is 3. The predicted octanol–water partition coefficient (Wildman–Crippen LogP) is 13.9. The maximum Gasteiger partial charge on any atom is 0.268 e. The van der Waals surface area contributed by atoms with Crippen LogP contribution in [0.1, 0.15) is 37.3 Å². The van der Waals surface area contributed by atoms with Crippen molar-refractivity contribution >= 4 is 32.8 Å². The minimum atomic E-state index is -0.507. The third kappa shape index (κ3) is 6.42. The Morgan fingerprint density at radius 3 is 2.02 bits per heavy atom. The number of benzene rings is 8. The second kappa shape index (κ2) is 15.5. The summed E-state index contributed by atoms with van der Waals surface area (Å²) in [5.41, 5.74) is 8.09. The summed E-state index contributed by atoms with van der Waals surface area (Å²) in [6.07, 6.45) is 5.44. The van der Waals surface area contributed by atoms with Crippen LogP contribution in [0.4, 0.5) is 0 Å². The maximum atomic E-state index is 9.40. The van der Waals surface area contributed by atoms with E-state index in [-0.39, 0.29) is 60.8 Å². The van der Waals surface area contributed by atoms with E-state index in [1.54, 1.807) is 18.2 Å². The fourth-order valence-corrected chi connectivity index (χ4v) is 8.88. The van der Waals surface area contributed by atoms with E-state index in [1.165, 1.54) is 0 Å². The normalized spacial score (nSPS) is 13.6. The standard InChI is InChI=1S/C58H40N4O.Pt/c1-58(2,3)38-32-33-59-56(34-38)62-51-26-11-10-23-47(51)48-31-30-41(36-55(48)62)63-40-17-14-16-39(35-40)60-37-61(53-28-13-12-27-52(53)60)54-29-15-25-50-46-21-7-6-20-44(46)42-18-4-5-19-43(42)45-22-8-9-24-49(45)57(50)54;/h4-34H,1-3H3;/q-2;/i4D,5D,6D,7D,18D,19D,20D,21D;. The first kappa shape index (κ1) is 31.5. The molecule has 1 aliphatic rings. The largest absolute Gasteiger partial charge is 0.510 e. The molecule has 0 bridgehead atoms. The molecule has 0 fully saturated rings. The van der Waals surface area contributed by atoms with Crippen molar-refractivity contribution in [3.8, 4) is 73.2 Å². The smallest absolute Gasteiger partial charge is 0.268 e. The van der Waals surface area contributed by atoms with E-state index < -0.39 is 36.3 Å². The summed E-state index contributed by atoms with van der Waals surface area (Å²) >= 11 is 0. The number of pyridine rings is 1. The summed E-state index contributed by atoms with van der Waals surface area (Å²) in [6, 6.07) is 46.4. The molecule has 1 aliphatic carbocycles. The molecule has 0 unspecified atom stereocenters. The predicted molar refractivity (Wildman–Crippen MR) is 254 cm³/mol. The fourth-order valence-electron chi connectivity index (χ4n) is 8.88. The summed E-state index contributed by atoms with van der Waals surface area (Å²) in [5.74, 6) is 1.72. The molecule has 11 aromatic rings. The summed E-state index contributed by atoms with van der Waals surface area (Å²) in [7, 11) is 0. The van der Waals surface area contributed by atoms with E-state index in [2.05, 4.69) is 68.1 Å². The first-order chi connectivity index (χ1) is 34.2. The molecule has 12 rings (SSSR count). The van der Waals surface area contributed by atoms with Crippen LogP contribution < -0.4 is 9.30 Å². The molecule has 64 heavy (non-hydrogen) atoms. The van der Waals surface area contributed by atoms with Crippen LogP contribution in [0.25, 0.3) is 94.5 Å². The number of imidazole rings is 1. The Kier molecular flexibility index (Phi) is 7.62. The Hall–Kier alpha value is -7.33. The Labute approximate surface area is 398 Å². The summed E-state index contributed by atoms with van der Waals surface area (Å²) in [6.45, 7) is 6.56. The first-order valence-electron chi connectivity index (χ1n) is 24.7. The van der Waals surface area contributed by atoms with Crippen molar-refractivity contribution in [1.82, 2.24) is 14.1 Å². The van der Waals surface area contributed by atoms with Gasteiger partial charge in [0.2, 0.25) is 0 Å². The van der Waals surface area contributed by atoms with Gasteiger partial charge < -0.3 is 13.9 Å². The van der Waals surface area contributed by atoms with Gasteiger partial charge in [0, 0.05) is 49.8 Å². The Balaban J connectivity index is 0.00000560. The average molecular weight is 1010 g/mol. The van der Waals surface area contributed by atoms with Crippen molar-refractivity contribution in [2.75, 3.05) is 0 Å². The molecule has 5 nitrogen and oxygen atoms in total. The number of rotatable bonds is 5. The average Bonchev–Trinajstić information content (AvgIpc) is 3.93. The quantitative estimate of drug-likeness (QED) is 0.127. The van der Waals surface area contributed by atoms with Crippen LogP contribution in [0, 0.1) is 18.5 Å². The zero-order valence-corrected chi connectivity index (χ0v) is 37.1. The van der Waals surface area contributed by atoms with E-state index in [0.29, 0.717) is 45.1 Å². The molecule has 0 saturated carbocycles. The van der Waals surface area contributed by atoms with Crippen LogP contribution in [0.3, 0.4) is 0 Å². The van der Waals surface area contributed by atoms with Crippen LogP contribution in [0.15, 0.2) is 188 Å². The van der Waals surface area contributed by atoms with Gasteiger partial charge >= 0.3 is 0 Å². The zero-order valence-electron chi connectivity index (χ0n) is 42.8. The van der Waals surface area contributed by atoms with Gasteiger partial charge in [0.05, 0.1) is 27.7 Å². The molecule has 0 aliphatic heterocycles. The number of fused-ring (bicyclic) bond motifs is 12. The Morgan fingerprint density at radius 1 is 0.594 bits per heavy atom. The number of aromatic nitrogens is 4. The monoisotopic (exact) mass is 1010 g/mol. The molecule has 0 amide bonds. The van der Waals surface area contributed by atoms with Crippen molar-refractivity contribution in [3.05, 3.63) is 212 Å². The second-order valence-electron chi connectivity index (χ2n) is 16.6. The summed E-state index contributed by atoms with van der Waals surface area (Å²) in [5, 5.41) is 2.09. The van der Waals surface area contributed by atoms with E-state index in [9.17, 15) is 5.48 Å². The molecule has 0 N–H and O–H groups in total. The van der Waals surface area contributed by atoms with Crippen molar-refractivity contribution in [1.29, 1.82) is 0 Å². The minimum absolute atomic E-state index is 0. The minimum Gasteiger partial charge on any atom is -0.510 e. The van der Waals surface area contributed by atoms with Gasteiger partial charge in [-0.15, -0.1) is 29.7 Å². The third-order valence-electron chi connectivity index (χ3n) is 11.8. The molecule has 0 atom stereocenters. The van der Waals surface area contributed by atoms with Gasteiger partial charge in [-0.3, -0.25) is 4.57 Å². The molecular weight excluding hydrogens is 964 g/mol. The van der Waals surface area contributed by atoms with Gasteiger partial charge in [0.25, 0.3) is 6.33 Å². The Morgan fingerprint density at radius 2 is 1.23 bits per heavy atom. The molecule has 0 spiro atoms. The molecule has 0 radical (unpaired) electrons. The number of nitrogens with zero attached hydrogens (tertiary/aromatic N) is 4. The van der Waals surface area contributed by atoms with Gasteiger partial charge in [0.15, 0.2) is 0 Å². The van der Waals surface area contributed by atoms with Crippen molar-refractivity contribution in [2.45, 2.75) is 26.2 Å². The SMILES string of the molecule is [2H]c1c([2H])c([2H])c2c(c1[2H])-c1ccccc1-c1c(cccc1-[n+]1[c-]n(-c3[c-]c(Oc4[c-]c5c(cc4)c4ccccc4n5-c4cc(C(C)(C)C)ccn4)ccc3)c3ccccc31)-c1c([2H])c([2H])c([2H])c([2H])c1-2.[Pt]. The number of hydrogen-bond donors (Lipinski definition) is 0. The second-order valence-corrected chi connectivity index (χ2v) is 16.6. The zero-order chi connectivity index (χ0) is 49.2. The van der Waals surface area contributed by atoms with Gasteiger partial charge in [-0.1, -0.05) is 153 Å². The molecule has 3 aromatic heterocycles. The van der Waals surface area contributed by atoms with Gasteiger partial charge in [-0.25, -0.2) is 4.98 Å². The van der Waals surface area contributed by atoms with E-state index in [0.717, 1.165) is 44.2 Å². The molecule has 8 aromatic carbocycles.